The fourth-order valence-corrected chi connectivity index (χ4v) is 4.87. The summed E-state index contributed by atoms with van der Waals surface area (Å²) in [7, 11) is 2.36. The minimum Gasteiger partial charge on any atom is -1.00 e. The van der Waals surface area contributed by atoms with Crippen molar-refractivity contribution in [3.8, 4) is 0 Å². The predicted molar refractivity (Wildman–Crippen MR) is 101 cm³/mol. The van der Waals surface area contributed by atoms with E-state index in [9.17, 15) is 4.79 Å². The van der Waals surface area contributed by atoms with Gasteiger partial charge in [0.05, 0.1) is 31.6 Å². The van der Waals surface area contributed by atoms with Crippen molar-refractivity contribution >= 4 is 22.7 Å². The quantitative estimate of drug-likeness (QED) is 0.643. The molecule has 1 aromatic carbocycles. The number of hydrogen-bond acceptors (Lipinski definition) is 2. The molecule has 2 nitrogen and oxygen atoms in total. The first-order valence-electron chi connectivity index (χ1n) is 8.86. The Kier molecular flexibility index (Phi) is 5.33. The molecule has 0 unspecified atom stereocenters. The van der Waals surface area contributed by atoms with Gasteiger partial charge in [0, 0.05) is 24.8 Å². The van der Waals surface area contributed by atoms with Crippen LogP contribution in [-0.4, -0.2) is 36.9 Å². The average molecular weight is 418 g/mol. The Morgan fingerprint density at radius 2 is 1.80 bits per heavy atom. The highest BCUT2D eigenvalue weighted by Gasteiger charge is 2.31. The second-order valence-electron chi connectivity index (χ2n) is 7.28. The molecule has 2 aliphatic rings. The Morgan fingerprint density at radius 3 is 2.52 bits per heavy atom. The lowest BCUT2D eigenvalue weighted by Crippen LogP contribution is -3.00. The highest BCUT2D eigenvalue weighted by atomic mass is 79.9. The average Bonchev–Trinajstić information content (AvgIpc) is 3.04. The summed E-state index contributed by atoms with van der Waals surface area (Å²) in [4.78, 5) is 13.6. The number of carbonyl (C=O) groups is 1. The van der Waals surface area contributed by atoms with Gasteiger partial charge in [0.25, 0.3) is 0 Å². The van der Waals surface area contributed by atoms with Crippen LogP contribution in [0.5, 0.6) is 0 Å². The number of fused-ring (bicyclic) bond motifs is 2. The summed E-state index contributed by atoms with van der Waals surface area (Å²) in [6, 6.07) is 10.7. The molecule has 4 heteroatoms. The maximum atomic E-state index is 12.7. The summed E-state index contributed by atoms with van der Waals surface area (Å²) in [5.41, 5.74) is 6.55. The molecule has 1 saturated heterocycles. The van der Waals surface area contributed by atoms with Crippen LogP contribution in [0.1, 0.15) is 46.1 Å². The van der Waals surface area contributed by atoms with E-state index < -0.39 is 0 Å². The number of likely N-dealkylation sites (tertiary alicyclic amines) is 1. The number of halogens is 1. The Labute approximate surface area is 164 Å². The molecule has 0 spiro atoms. The van der Waals surface area contributed by atoms with Crippen LogP contribution in [0.25, 0.3) is 5.57 Å². The second kappa shape index (κ2) is 7.18. The molecule has 1 aliphatic heterocycles. The van der Waals surface area contributed by atoms with Gasteiger partial charge in [0.15, 0.2) is 5.78 Å². The van der Waals surface area contributed by atoms with E-state index in [-0.39, 0.29) is 22.8 Å². The number of nitrogens with zero attached hydrogens (tertiary/aromatic N) is 1. The van der Waals surface area contributed by atoms with Gasteiger partial charge >= 0.3 is 0 Å². The van der Waals surface area contributed by atoms with Crippen molar-refractivity contribution in [2.24, 2.45) is 0 Å². The van der Waals surface area contributed by atoms with E-state index in [0.717, 1.165) is 22.2 Å². The fourth-order valence-electron chi connectivity index (χ4n) is 4.03. The third kappa shape index (κ3) is 3.27. The number of carbonyl (C=O) groups excluding carboxylic acids is 1. The van der Waals surface area contributed by atoms with Crippen LogP contribution in [0.2, 0.25) is 0 Å². The highest BCUT2D eigenvalue weighted by Crippen LogP contribution is 2.40. The van der Waals surface area contributed by atoms with Gasteiger partial charge in [-0.3, -0.25) is 4.79 Å². The number of piperidine rings is 1. The maximum Gasteiger partial charge on any atom is 0.177 e. The molecule has 2 heterocycles. The smallest absolute Gasteiger partial charge is 0.177 e. The zero-order valence-electron chi connectivity index (χ0n) is 14.8. The number of hydrogen-bond donors (Lipinski definition) is 0. The first-order valence-corrected chi connectivity index (χ1v) is 9.74. The van der Waals surface area contributed by atoms with Crippen LogP contribution in [0.3, 0.4) is 0 Å². The Morgan fingerprint density at radius 1 is 1.08 bits per heavy atom. The molecule has 0 bridgehead atoms. The number of Topliss-reactive ketones (excluding diaryl/α,β-unsaturated/α-hetero) is 1. The van der Waals surface area contributed by atoms with Gasteiger partial charge in [-0.2, -0.15) is 0 Å². The molecule has 2 aromatic rings. The van der Waals surface area contributed by atoms with Crippen molar-refractivity contribution in [1.29, 1.82) is 0 Å². The summed E-state index contributed by atoms with van der Waals surface area (Å²) in [5, 5.41) is 2.08. The summed E-state index contributed by atoms with van der Waals surface area (Å²) < 4.78 is 1.16. The van der Waals surface area contributed by atoms with Gasteiger partial charge in [-0.25, -0.2) is 0 Å². The molecule has 1 aromatic heterocycles. The molecule has 1 aliphatic carbocycles. The van der Waals surface area contributed by atoms with E-state index in [1.165, 1.54) is 41.9 Å². The molecule has 0 amide bonds. The largest absolute Gasteiger partial charge is 1.00 e. The molecule has 0 radical (unpaired) electrons. The van der Waals surface area contributed by atoms with E-state index in [1.807, 2.05) is 0 Å². The van der Waals surface area contributed by atoms with Crippen molar-refractivity contribution in [3.63, 3.8) is 0 Å². The molecular weight excluding hydrogens is 394 g/mol. The van der Waals surface area contributed by atoms with Crippen LogP contribution in [0.15, 0.2) is 41.3 Å². The summed E-state index contributed by atoms with van der Waals surface area (Å²) in [5.74, 6) is 0.271. The Bertz CT molecular complexity index is 826. The van der Waals surface area contributed by atoms with Crippen LogP contribution >= 0.6 is 11.3 Å². The first kappa shape index (κ1) is 18.6. The Balaban J connectivity index is 0.00000182. The maximum absolute atomic E-state index is 12.7. The first-order chi connectivity index (χ1) is 11.6. The summed E-state index contributed by atoms with van der Waals surface area (Å²) in [6.45, 7) is 5.88. The van der Waals surface area contributed by atoms with E-state index in [1.54, 1.807) is 16.9 Å². The molecule has 0 saturated carbocycles. The number of quaternary nitrogens is 1. The number of benzene rings is 1. The zero-order chi connectivity index (χ0) is 16.7. The molecule has 0 atom stereocenters. The van der Waals surface area contributed by atoms with Crippen molar-refractivity contribution in [2.75, 3.05) is 26.7 Å². The summed E-state index contributed by atoms with van der Waals surface area (Å²) >= 11 is 1.60. The number of rotatable bonds is 1. The highest BCUT2D eigenvalue weighted by molar-refractivity contribution is 7.12. The number of thiophene rings is 1. The fraction of sp³-hybridized carbons (Fsp3) is 0.381. The standard InChI is InChI=1S/C21H24NOS.BrH/c1-3-22(2)11-8-15(9-12-22)20-17-7-5-4-6-16(17)14-19(23)21-18(20)10-13-24-21;/h4-7,10,13H,3,8-9,11-12,14H2,1-2H3;1H/q+1;/p-1. The zero-order valence-corrected chi connectivity index (χ0v) is 17.3. The third-order valence-electron chi connectivity index (χ3n) is 5.85. The molecule has 4 rings (SSSR count). The Hall–Kier alpha value is -1.23. The van der Waals surface area contributed by atoms with E-state index in [4.69, 9.17) is 0 Å². The summed E-state index contributed by atoms with van der Waals surface area (Å²) in [6.07, 6.45) is 2.80. The lowest BCUT2D eigenvalue weighted by Gasteiger charge is -2.38. The second-order valence-corrected chi connectivity index (χ2v) is 8.20. The van der Waals surface area contributed by atoms with Gasteiger partial charge in [-0.15, -0.1) is 11.3 Å². The molecule has 0 N–H and O–H groups in total. The third-order valence-corrected chi connectivity index (χ3v) is 6.80. The van der Waals surface area contributed by atoms with Gasteiger partial charge < -0.3 is 21.5 Å². The molecule has 25 heavy (non-hydrogen) atoms. The van der Waals surface area contributed by atoms with Gasteiger partial charge in [0.1, 0.15) is 0 Å². The van der Waals surface area contributed by atoms with Crippen molar-refractivity contribution in [2.45, 2.75) is 26.2 Å². The number of ketones is 1. The van der Waals surface area contributed by atoms with Crippen molar-refractivity contribution in [1.82, 2.24) is 0 Å². The normalized spacial score (nSPS) is 22.7. The van der Waals surface area contributed by atoms with Crippen LogP contribution in [0.4, 0.5) is 0 Å². The lowest BCUT2D eigenvalue weighted by atomic mass is 9.87. The minimum absolute atomic E-state index is 0. The SMILES string of the molecule is CC[N+]1(C)CCC(=C2c3ccccc3CC(=O)c3sccc32)CC1.[Br-]. The molecule has 132 valence electrons. The van der Waals surface area contributed by atoms with E-state index in [2.05, 4.69) is 49.7 Å². The predicted octanol–water partition coefficient (Wildman–Crippen LogP) is 1.55. The monoisotopic (exact) mass is 417 g/mol. The molecular formula is C21H24BrNOS. The van der Waals surface area contributed by atoms with Gasteiger partial charge in [-0.1, -0.05) is 29.8 Å². The van der Waals surface area contributed by atoms with E-state index >= 15 is 0 Å². The van der Waals surface area contributed by atoms with Gasteiger partial charge in [-0.05, 0) is 35.1 Å². The van der Waals surface area contributed by atoms with Gasteiger partial charge in [0.2, 0.25) is 0 Å². The van der Waals surface area contributed by atoms with Crippen LogP contribution in [0, 0.1) is 0 Å². The van der Waals surface area contributed by atoms with Crippen LogP contribution in [-0.2, 0) is 6.42 Å². The molecule has 1 fully saturated rings. The van der Waals surface area contributed by atoms with Crippen LogP contribution < -0.4 is 17.0 Å². The van der Waals surface area contributed by atoms with Crippen molar-refractivity contribution < 1.29 is 26.3 Å². The van der Waals surface area contributed by atoms with E-state index in [0.29, 0.717) is 6.42 Å². The van der Waals surface area contributed by atoms with Crippen molar-refractivity contribution in [3.05, 3.63) is 62.9 Å². The minimum atomic E-state index is 0. The lowest BCUT2D eigenvalue weighted by molar-refractivity contribution is -0.910. The topological polar surface area (TPSA) is 17.1 Å².